The van der Waals surface area contributed by atoms with Crippen LogP contribution in [0.2, 0.25) is 0 Å². The van der Waals surface area contributed by atoms with E-state index in [1.807, 2.05) is 42.5 Å². The van der Waals surface area contributed by atoms with Crippen LogP contribution >= 0.6 is 0 Å². The third kappa shape index (κ3) is 2.01. The fraction of sp³-hybridized carbons (Fsp3) is 0.100. The summed E-state index contributed by atoms with van der Waals surface area (Å²) in [5.41, 5.74) is 4.11. The lowest BCUT2D eigenvalue weighted by Crippen LogP contribution is -2.05. The van der Waals surface area contributed by atoms with E-state index in [1.165, 1.54) is 0 Å². The first-order valence-corrected chi connectivity index (χ1v) is 7.55. The summed E-state index contributed by atoms with van der Waals surface area (Å²) in [7, 11) is 0. The average molecular weight is 302 g/mol. The molecule has 0 radical (unpaired) electrons. The minimum atomic E-state index is -0.416. The number of benzene rings is 3. The van der Waals surface area contributed by atoms with Crippen LogP contribution in [0.5, 0.6) is 0 Å². The molecule has 0 fully saturated rings. The van der Waals surface area contributed by atoms with Crippen molar-refractivity contribution in [3.05, 3.63) is 71.3 Å². The Morgan fingerprint density at radius 1 is 0.739 bits per heavy atom. The number of aliphatic hydroxyl groups is 1. The van der Waals surface area contributed by atoms with Gasteiger partial charge in [0.2, 0.25) is 11.6 Å². The largest absolute Gasteiger partial charge is 0.396 e. The second-order valence-electron chi connectivity index (χ2n) is 5.72. The Morgan fingerprint density at radius 3 is 2.09 bits per heavy atom. The number of carbonyl (C=O) groups excluding carboxylic acids is 2. The van der Waals surface area contributed by atoms with Gasteiger partial charge in [-0.3, -0.25) is 9.59 Å². The average Bonchev–Trinajstić information content (AvgIpc) is 2.83. The van der Waals surface area contributed by atoms with Crippen molar-refractivity contribution < 1.29 is 14.7 Å². The SMILES string of the molecule is O=C1C(=O)c2ccc(-c3ccc(CCO)cc3)c3cccc1c23. The molecule has 1 aliphatic carbocycles. The van der Waals surface area contributed by atoms with Crippen molar-refractivity contribution in [2.75, 3.05) is 6.61 Å². The maximum Gasteiger partial charge on any atom is 0.234 e. The molecule has 0 atom stereocenters. The first kappa shape index (κ1) is 13.9. The Labute approximate surface area is 133 Å². The van der Waals surface area contributed by atoms with Crippen molar-refractivity contribution in [2.45, 2.75) is 6.42 Å². The summed E-state index contributed by atoms with van der Waals surface area (Å²) in [5, 5.41) is 10.7. The number of rotatable bonds is 3. The molecule has 1 N–H and O–H groups in total. The highest BCUT2D eigenvalue weighted by Crippen LogP contribution is 2.37. The van der Waals surface area contributed by atoms with Gasteiger partial charge in [-0.15, -0.1) is 0 Å². The molecule has 3 nitrogen and oxygen atoms in total. The van der Waals surface area contributed by atoms with E-state index in [-0.39, 0.29) is 6.61 Å². The number of hydrogen-bond acceptors (Lipinski definition) is 3. The molecule has 4 rings (SSSR count). The summed E-state index contributed by atoms with van der Waals surface area (Å²) in [6, 6.07) is 17.1. The molecule has 0 amide bonds. The van der Waals surface area contributed by atoms with Crippen LogP contribution in [0.3, 0.4) is 0 Å². The first-order valence-electron chi connectivity index (χ1n) is 7.55. The molecule has 0 saturated heterocycles. The van der Waals surface area contributed by atoms with Gasteiger partial charge in [0.15, 0.2) is 0 Å². The Kier molecular flexibility index (Phi) is 3.10. The molecule has 0 unspecified atom stereocenters. The van der Waals surface area contributed by atoms with Gasteiger partial charge in [0.25, 0.3) is 0 Å². The molecule has 0 aromatic heterocycles. The number of ketones is 2. The molecule has 3 aromatic carbocycles. The first-order chi connectivity index (χ1) is 11.2. The molecule has 0 heterocycles. The third-order valence-electron chi connectivity index (χ3n) is 4.40. The highest BCUT2D eigenvalue weighted by atomic mass is 16.3. The molecular formula is C20H14O3. The Bertz CT molecular complexity index is 932. The lowest BCUT2D eigenvalue weighted by molar-refractivity contribution is 0.0825. The van der Waals surface area contributed by atoms with Crippen molar-refractivity contribution in [1.29, 1.82) is 0 Å². The fourth-order valence-electron chi connectivity index (χ4n) is 3.26. The van der Waals surface area contributed by atoms with Crippen LogP contribution in [0.4, 0.5) is 0 Å². The van der Waals surface area contributed by atoms with Crippen molar-refractivity contribution >= 4 is 22.3 Å². The van der Waals surface area contributed by atoms with Gasteiger partial charge in [0, 0.05) is 23.1 Å². The molecule has 0 aliphatic heterocycles. The standard InChI is InChI=1S/C20H14O3/c21-11-10-12-4-6-13(7-5-12)14-8-9-17-18-15(14)2-1-3-16(18)19(22)20(17)23/h1-9,21H,10-11H2. The molecule has 0 bridgehead atoms. The van der Waals surface area contributed by atoms with E-state index in [0.717, 1.165) is 27.5 Å². The zero-order chi connectivity index (χ0) is 16.0. The highest BCUT2D eigenvalue weighted by Gasteiger charge is 2.31. The Hall–Kier alpha value is -2.78. The number of hydrogen-bond donors (Lipinski definition) is 1. The van der Waals surface area contributed by atoms with E-state index >= 15 is 0 Å². The van der Waals surface area contributed by atoms with Gasteiger partial charge in [0.1, 0.15) is 0 Å². The van der Waals surface area contributed by atoms with Crippen LogP contribution in [0.25, 0.3) is 21.9 Å². The smallest absolute Gasteiger partial charge is 0.234 e. The normalized spacial score (nSPS) is 13.1. The molecule has 112 valence electrons. The fourth-order valence-corrected chi connectivity index (χ4v) is 3.26. The molecule has 0 spiro atoms. The lowest BCUT2D eigenvalue weighted by atomic mass is 9.94. The van der Waals surface area contributed by atoms with Crippen molar-refractivity contribution in [1.82, 2.24) is 0 Å². The molecule has 3 heteroatoms. The van der Waals surface area contributed by atoms with Crippen LogP contribution in [-0.2, 0) is 6.42 Å². The molecule has 1 aliphatic rings. The van der Waals surface area contributed by atoms with Crippen molar-refractivity contribution in [3.8, 4) is 11.1 Å². The van der Waals surface area contributed by atoms with E-state index in [1.54, 1.807) is 12.1 Å². The van der Waals surface area contributed by atoms with Gasteiger partial charge < -0.3 is 5.11 Å². The monoisotopic (exact) mass is 302 g/mol. The topological polar surface area (TPSA) is 54.4 Å². The summed E-state index contributed by atoms with van der Waals surface area (Å²) in [6.07, 6.45) is 0.632. The second-order valence-corrected chi connectivity index (χ2v) is 5.72. The molecule has 3 aromatic rings. The number of aliphatic hydroxyl groups excluding tert-OH is 1. The summed E-state index contributed by atoms with van der Waals surface area (Å²) in [6.45, 7) is 0.130. The van der Waals surface area contributed by atoms with Crippen molar-refractivity contribution in [2.24, 2.45) is 0 Å². The van der Waals surface area contributed by atoms with Crippen molar-refractivity contribution in [3.63, 3.8) is 0 Å². The van der Waals surface area contributed by atoms with Crippen LogP contribution in [0.15, 0.2) is 54.6 Å². The zero-order valence-corrected chi connectivity index (χ0v) is 12.4. The molecule has 23 heavy (non-hydrogen) atoms. The third-order valence-corrected chi connectivity index (χ3v) is 4.40. The summed E-state index contributed by atoms with van der Waals surface area (Å²) >= 11 is 0. The van der Waals surface area contributed by atoms with Crippen LogP contribution in [0.1, 0.15) is 26.3 Å². The van der Waals surface area contributed by atoms with E-state index in [4.69, 9.17) is 5.11 Å². The van der Waals surface area contributed by atoms with E-state index < -0.39 is 11.6 Å². The minimum Gasteiger partial charge on any atom is -0.396 e. The lowest BCUT2D eigenvalue weighted by Gasteiger charge is -2.09. The summed E-state index contributed by atoms with van der Waals surface area (Å²) in [4.78, 5) is 24.1. The minimum absolute atomic E-state index is 0.130. The maximum atomic E-state index is 12.1. The summed E-state index contributed by atoms with van der Waals surface area (Å²) < 4.78 is 0. The van der Waals surface area contributed by atoms with Crippen LogP contribution < -0.4 is 0 Å². The van der Waals surface area contributed by atoms with E-state index in [2.05, 4.69) is 0 Å². The highest BCUT2D eigenvalue weighted by molar-refractivity contribution is 6.57. The predicted molar refractivity (Wildman–Crippen MR) is 88.8 cm³/mol. The Balaban J connectivity index is 1.93. The van der Waals surface area contributed by atoms with Gasteiger partial charge in [-0.25, -0.2) is 0 Å². The van der Waals surface area contributed by atoms with Gasteiger partial charge >= 0.3 is 0 Å². The van der Waals surface area contributed by atoms with Gasteiger partial charge in [-0.05, 0) is 34.6 Å². The molecule has 0 saturated carbocycles. The predicted octanol–water partition coefficient (Wildman–Crippen LogP) is 3.42. The number of Topliss-reactive ketones (excluding diaryl/α,β-unsaturated/α-hetero) is 2. The van der Waals surface area contributed by atoms with Gasteiger partial charge in [-0.2, -0.15) is 0 Å². The number of carbonyl (C=O) groups is 2. The molecular weight excluding hydrogens is 288 g/mol. The maximum absolute atomic E-state index is 12.1. The second kappa shape index (κ2) is 5.14. The van der Waals surface area contributed by atoms with Gasteiger partial charge in [-0.1, -0.05) is 48.5 Å². The summed E-state index contributed by atoms with van der Waals surface area (Å²) in [5.74, 6) is -0.831. The van der Waals surface area contributed by atoms with E-state index in [9.17, 15) is 9.59 Å². The van der Waals surface area contributed by atoms with Crippen LogP contribution in [-0.4, -0.2) is 23.3 Å². The van der Waals surface area contributed by atoms with E-state index in [0.29, 0.717) is 17.5 Å². The van der Waals surface area contributed by atoms with Crippen LogP contribution in [0, 0.1) is 0 Å². The zero-order valence-electron chi connectivity index (χ0n) is 12.4. The quantitative estimate of drug-likeness (QED) is 0.754. The Morgan fingerprint density at radius 2 is 1.39 bits per heavy atom. The van der Waals surface area contributed by atoms with Gasteiger partial charge in [0.05, 0.1) is 0 Å².